The van der Waals surface area contributed by atoms with Crippen molar-refractivity contribution in [1.29, 1.82) is 0 Å². The summed E-state index contributed by atoms with van der Waals surface area (Å²) in [5, 5.41) is 6.13. The average molecular weight is 350 g/mol. The lowest BCUT2D eigenvalue weighted by atomic mass is 9.97. The number of aromatic nitrogens is 2. The molecule has 2 N–H and O–H groups in total. The largest absolute Gasteiger partial charge is 0.350 e. The van der Waals surface area contributed by atoms with E-state index in [0.717, 1.165) is 18.4 Å². The first-order valence-corrected chi connectivity index (χ1v) is 9.29. The molecule has 1 aliphatic rings. The molecule has 1 aliphatic carbocycles. The van der Waals surface area contributed by atoms with Gasteiger partial charge >= 0.3 is 0 Å². The molecule has 5 heteroatoms. The third-order valence-electron chi connectivity index (χ3n) is 4.58. The second kappa shape index (κ2) is 9.13. The lowest BCUT2D eigenvalue weighted by Crippen LogP contribution is -2.26. The smallest absolute Gasteiger partial charge is 0.270 e. The van der Waals surface area contributed by atoms with E-state index in [4.69, 9.17) is 0 Å². The molecule has 0 bridgehead atoms. The van der Waals surface area contributed by atoms with Crippen LogP contribution in [0.2, 0.25) is 0 Å². The zero-order chi connectivity index (χ0) is 18.2. The van der Waals surface area contributed by atoms with E-state index in [1.807, 2.05) is 0 Å². The normalized spacial score (nSPS) is 13.8. The van der Waals surface area contributed by atoms with Crippen molar-refractivity contribution in [3.05, 3.63) is 65.0 Å². The second-order valence-corrected chi connectivity index (χ2v) is 6.72. The standard InChI is InChI=1S/C21H26N4O/c1-16-7-9-18(10-8-16)15-24-21-23-14-12-19(25-21)20(26)22-13-11-17-5-3-2-4-6-17/h5,7-10,12,14H,2-4,6,11,13,15H2,1H3,(H,22,26)(H,23,24,25). The summed E-state index contributed by atoms with van der Waals surface area (Å²) in [5.41, 5.74) is 4.23. The topological polar surface area (TPSA) is 66.9 Å². The fraction of sp³-hybridized carbons (Fsp3) is 0.381. The molecule has 0 radical (unpaired) electrons. The Morgan fingerprint density at radius 3 is 2.77 bits per heavy atom. The summed E-state index contributed by atoms with van der Waals surface area (Å²) in [6.45, 7) is 3.34. The fourth-order valence-corrected chi connectivity index (χ4v) is 3.02. The molecule has 0 saturated heterocycles. The van der Waals surface area contributed by atoms with Crippen LogP contribution < -0.4 is 10.6 Å². The molecule has 5 nitrogen and oxygen atoms in total. The molecule has 1 aromatic heterocycles. The van der Waals surface area contributed by atoms with E-state index in [0.29, 0.717) is 24.7 Å². The monoisotopic (exact) mass is 350 g/mol. The molecule has 0 fully saturated rings. The van der Waals surface area contributed by atoms with Crippen molar-refractivity contribution in [2.75, 3.05) is 11.9 Å². The average Bonchev–Trinajstić information content (AvgIpc) is 2.68. The van der Waals surface area contributed by atoms with Crippen LogP contribution in [-0.2, 0) is 6.54 Å². The van der Waals surface area contributed by atoms with Crippen LogP contribution >= 0.6 is 0 Å². The van der Waals surface area contributed by atoms with Gasteiger partial charge in [-0.25, -0.2) is 9.97 Å². The maximum Gasteiger partial charge on any atom is 0.270 e. The molecule has 1 aromatic carbocycles. The van der Waals surface area contributed by atoms with Crippen LogP contribution in [0, 0.1) is 6.92 Å². The van der Waals surface area contributed by atoms with Gasteiger partial charge in [0.15, 0.2) is 0 Å². The van der Waals surface area contributed by atoms with Crippen LogP contribution in [0.4, 0.5) is 5.95 Å². The highest BCUT2D eigenvalue weighted by Crippen LogP contribution is 2.19. The number of hydrogen-bond acceptors (Lipinski definition) is 4. The number of anilines is 1. The molecule has 1 heterocycles. The zero-order valence-corrected chi connectivity index (χ0v) is 15.3. The predicted octanol–water partition coefficient (Wildman–Crippen LogP) is 4.02. The summed E-state index contributed by atoms with van der Waals surface area (Å²) < 4.78 is 0. The Kier molecular flexibility index (Phi) is 6.36. The lowest BCUT2D eigenvalue weighted by molar-refractivity contribution is 0.0949. The highest BCUT2D eigenvalue weighted by molar-refractivity contribution is 5.92. The molecule has 0 spiro atoms. The quantitative estimate of drug-likeness (QED) is 0.740. The number of amides is 1. The number of carbonyl (C=O) groups excluding carboxylic acids is 1. The van der Waals surface area contributed by atoms with Gasteiger partial charge in [-0.1, -0.05) is 41.5 Å². The number of nitrogens with zero attached hydrogens (tertiary/aromatic N) is 2. The molecule has 0 atom stereocenters. The summed E-state index contributed by atoms with van der Waals surface area (Å²) in [6.07, 6.45) is 9.74. The first kappa shape index (κ1) is 18.1. The minimum atomic E-state index is -0.151. The van der Waals surface area contributed by atoms with Crippen LogP contribution in [0.1, 0.15) is 53.7 Å². The second-order valence-electron chi connectivity index (χ2n) is 6.72. The SMILES string of the molecule is Cc1ccc(CNc2nccc(C(=O)NCCC3=CCCCC3)n2)cc1. The van der Waals surface area contributed by atoms with Crippen molar-refractivity contribution in [3.8, 4) is 0 Å². The van der Waals surface area contributed by atoms with Gasteiger partial charge in [-0.15, -0.1) is 0 Å². The van der Waals surface area contributed by atoms with Gasteiger partial charge in [0.1, 0.15) is 5.69 Å². The highest BCUT2D eigenvalue weighted by Gasteiger charge is 2.09. The van der Waals surface area contributed by atoms with E-state index in [9.17, 15) is 4.79 Å². The van der Waals surface area contributed by atoms with Crippen LogP contribution in [0.3, 0.4) is 0 Å². The molecular formula is C21H26N4O. The highest BCUT2D eigenvalue weighted by atomic mass is 16.1. The van der Waals surface area contributed by atoms with Crippen molar-refractivity contribution in [3.63, 3.8) is 0 Å². The Morgan fingerprint density at radius 1 is 1.15 bits per heavy atom. The third-order valence-corrected chi connectivity index (χ3v) is 4.58. The molecule has 136 valence electrons. The maximum absolute atomic E-state index is 12.3. The van der Waals surface area contributed by atoms with E-state index in [2.05, 4.69) is 57.9 Å². The van der Waals surface area contributed by atoms with Crippen LogP contribution in [0.25, 0.3) is 0 Å². The molecule has 1 amide bonds. The molecule has 0 unspecified atom stereocenters. The Hall–Kier alpha value is -2.69. The van der Waals surface area contributed by atoms with Crippen LogP contribution in [0.5, 0.6) is 0 Å². The van der Waals surface area contributed by atoms with E-state index in [1.54, 1.807) is 12.3 Å². The summed E-state index contributed by atoms with van der Waals surface area (Å²) >= 11 is 0. The first-order valence-electron chi connectivity index (χ1n) is 9.29. The summed E-state index contributed by atoms with van der Waals surface area (Å²) in [7, 11) is 0. The van der Waals surface area contributed by atoms with E-state index >= 15 is 0 Å². The third kappa shape index (κ3) is 5.41. The maximum atomic E-state index is 12.3. The number of rotatable bonds is 7. The Balaban J connectivity index is 1.50. The van der Waals surface area contributed by atoms with E-state index in [-0.39, 0.29) is 5.91 Å². The van der Waals surface area contributed by atoms with Gasteiger partial charge in [0.05, 0.1) is 0 Å². The van der Waals surface area contributed by atoms with Crippen molar-refractivity contribution in [2.45, 2.75) is 45.6 Å². The number of allylic oxidation sites excluding steroid dienone is 1. The number of hydrogen-bond donors (Lipinski definition) is 2. The Morgan fingerprint density at radius 2 is 2.00 bits per heavy atom. The molecule has 0 aliphatic heterocycles. The Bertz CT molecular complexity index is 768. The van der Waals surface area contributed by atoms with Gasteiger partial charge < -0.3 is 10.6 Å². The summed E-state index contributed by atoms with van der Waals surface area (Å²) in [5.74, 6) is 0.315. The summed E-state index contributed by atoms with van der Waals surface area (Å²) in [4.78, 5) is 20.8. The van der Waals surface area contributed by atoms with Gasteiger partial charge in [0.25, 0.3) is 5.91 Å². The van der Waals surface area contributed by atoms with Gasteiger partial charge in [0, 0.05) is 19.3 Å². The van der Waals surface area contributed by atoms with E-state index < -0.39 is 0 Å². The zero-order valence-electron chi connectivity index (χ0n) is 15.3. The number of benzene rings is 1. The molecular weight excluding hydrogens is 324 g/mol. The number of carbonyl (C=O) groups is 1. The van der Waals surface area contributed by atoms with Gasteiger partial charge in [-0.05, 0) is 50.7 Å². The van der Waals surface area contributed by atoms with Crippen LogP contribution in [-0.4, -0.2) is 22.4 Å². The van der Waals surface area contributed by atoms with Crippen LogP contribution in [0.15, 0.2) is 48.2 Å². The van der Waals surface area contributed by atoms with Gasteiger partial charge in [-0.2, -0.15) is 0 Å². The predicted molar refractivity (Wildman–Crippen MR) is 104 cm³/mol. The van der Waals surface area contributed by atoms with Gasteiger partial charge in [0.2, 0.25) is 5.95 Å². The lowest BCUT2D eigenvalue weighted by Gasteiger charge is -2.13. The van der Waals surface area contributed by atoms with E-state index in [1.165, 1.54) is 30.4 Å². The van der Waals surface area contributed by atoms with Crippen molar-refractivity contribution in [1.82, 2.24) is 15.3 Å². The first-order chi connectivity index (χ1) is 12.7. The molecule has 0 saturated carbocycles. The van der Waals surface area contributed by atoms with Crippen molar-refractivity contribution < 1.29 is 4.79 Å². The van der Waals surface area contributed by atoms with Crippen molar-refractivity contribution in [2.24, 2.45) is 0 Å². The summed E-state index contributed by atoms with van der Waals surface area (Å²) in [6, 6.07) is 9.93. The van der Waals surface area contributed by atoms with Crippen molar-refractivity contribution >= 4 is 11.9 Å². The fourth-order valence-electron chi connectivity index (χ4n) is 3.02. The number of aryl methyl sites for hydroxylation is 1. The molecule has 2 aromatic rings. The Labute approximate surface area is 155 Å². The minimum Gasteiger partial charge on any atom is -0.350 e. The molecule has 26 heavy (non-hydrogen) atoms. The van der Waals surface area contributed by atoms with Gasteiger partial charge in [-0.3, -0.25) is 4.79 Å². The number of nitrogens with one attached hydrogen (secondary N) is 2. The minimum absolute atomic E-state index is 0.151. The molecule has 3 rings (SSSR count).